The van der Waals surface area contributed by atoms with Crippen LogP contribution in [0, 0.1) is 5.92 Å². The van der Waals surface area contributed by atoms with E-state index >= 15 is 0 Å². The number of hydrogen-bond acceptors (Lipinski definition) is 3. The van der Waals surface area contributed by atoms with E-state index in [1.54, 1.807) is 0 Å². The SMILES string of the molecule is CSCCC(C)N(C)C(=O)C1C=CC(N)C1. The zero-order valence-electron chi connectivity index (χ0n) is 10.3. The maximum Gasteiger partial charge on any atom is 0.229 e. The molecule has 1 aliphatic rings. The lowest BCUT2D eigenvalue weighted by Crippen LogP contribution is -2.39. The van der Waals surface area contributed by atoms with Crippen LogP contribution in [0.2, 0.25) is 0 Å². The Morgan fingerprint density at radius 3 is 2.81 bits per heavy atom. The van der Waals surface area contributed by atoms with Gasteiger partial charge in [0.2, 0.25) is 5.91 Å². The third-order valence-corrected chi connectivity index (χ3v) is 3.83. The second kappa shape index (κ2) is 6.30. The van der Waals surface area contributed by atoms with Gasteiger partial charge in [0.05, 0.1) is 5.92 Å². The number of hydrogen-bond donors (Lipinski definition) is 1. The summed E-state index contributed by atoms with van der Waals surface area (Å²) in [7, 11) is 1.89. The predicted molar refractivity (Wildman–Crippen MR) is 70.5 cm³/mol. The van der Waals surface area contributed by atoms with Gasteiger partial charge < -0.3 is 10.6 Å². The molecule has 4 heteroatoms. The first-order chi connectivity index (χ1) is 7.56. The number of thioether (sulfide) groups is 1. The van der Waals surface area contributed by atoms with Crippen molar-refractivity contribution in [1.82, 2.24) is 4.90 Å². The van der Waals surface area contributed by atoms with E-state index in [2.05, 4.69) is 13.2 Å². The first-order valence-corrected chi connectivity index (χ1v) is 7.15. The molecule has 92 valence electrons. The minimum atomic E-state index is -0.00303. The van der Waals surface area contributed by atoms with Gasteiger partial charge in [0.15, 0.2) is 0 Å². The second-order valence-corrected chi connectivity index (χ2v) is 5.46. The van der Waals surface area contributed by atoms with E-state index in [0.29, 0.717) is 6.04 Å². The van der Waals surface area contributed by atoms with Gasteiger partial charge in [-0.05, 0) is 31.8 Å². The van der Waals surface area contributed by atoms with Gasteiger partial charge >= 0.3 is 0 Å². The largest absolute Gasteiger partial charge is 0.343 e. The van der Waals surface area contributed by atoms with Gasteiger partial charge in [-0.1, -0.05) is 12.2 Å². The Kier molecular flexibility index (Phi) is 5.35. The molecule has 0 saturated carbocycles. The average Bonchev–Trinajstić information content (AvgIpc) is 2.70. The smallest absolute Gasteiger partial charge is 0.229 e. The van der Waals surface area contributed by atoms with Crippen LogP contribution in [0.3, 0.4) is 0 Å². The molecule has 0 bridgehead atoms. The molecule has 0 radical (unpaired) electrons. The quantitative estimate of drug-likeness (QED) is 0.743. The minimum Gasteiger partial charge on any atom is -0.343 e. The van der Waals surface area contributed by atoms with Crippen LogP contribution in [0.1, 0.15) is 19.8 Å². The zero-order chi connectivity index (χ0) is 12.1. The van der Waals surface area contributed by atoms with Gasteiger partial charge in [-0.25, -0.2) is 0 Å². The molecule has 16 heavy (non-hydrogen) atoms. The average molecular weight is 242 g/mol. The van der Waals surface area contributed by atoms with Gasteiger partial charge in [-0.3, -0.25) is 4.79 Å². The van der Waals surface area contributed by atoms with Crippen molar-refractivity contribution in [3.63, 3.8) is 0 Å². The Balaban J connectivity index is 2.44. The summed E-state index contributed by atoms with van der Waals surface area (Å²) in [5.74, 6) is 1.30. The normalized spacial score (nSPS) is 25.8. The summed E-state index contributed by atoms with van der Waals surface area (Å²) in [4.78, 5) is 14.0. The number of carbonyl (C=O) groups is 1. The van der Waals surface area contributed by atoms with Crippen LogP contribution in [0.4, 0.5) is 0 Å². The molecule has 1 amide bonds. The van der Waals surface area contributed by atoms with Crippen molar-refractivity contribution in [1.29, 1.82) is 0 Å². The van der Waals surface area contributed by atoms with Gasteiger partial charge in [0.1, 0.15) is 0 Å². The minimum absolute atomic E-state index is 0.00303. The van der Waals surface area contributed by atoms with Gasteiger partial charge in [0, 0.05) is 19.1 Å². The van der Waals surface area contributed by atoms with Crippen LogP contribution in [0.5, 0.6) is 0 Å². The molecule has 0 heterocycles. The van der Waals surface area contributed by atoms with E-state index in [-0.39, 0.29) is 17.9 Å². The number of carbonyl (C=O) groups excluding carboxylic acids is 1. The van der Waals surface area contributed by atoms with Crippen LogP contribution >= 0.6 is 11.8 Å². The first-order valence-electron chi connectivity index (χ1n) is 5.75. The van der Waals surface area contributed by atoms with Crippen molar-refractivity contribution in [2.24, 2.45) is 11.7 Å². The molecule has 0 aromatic carbocycles. The topological polar surface area (TPSA) is 46.3 Å². The zero-order valence-corrected chi connectivity index (χ0v) is 11.2. The van der Waals surface area contributed by atoms with E-state index in [4.69, 9.17) is 5.73 Å². The van der Waals surface area contributed by atoms with Crippen LogP contribution in [0.15, 0.2) is 12.2 Å². The molecule has 0 fully saturated rings. The number of nitrogens with zero attached hydrogens (tertiary/aromatic N) is 1. The Morgan fingerprint density at radius 1 is 1.62 bits per heavy atom. The van der Waals surface area contributed by atoms with E-state index < -0.39 is 0 Å². The second-order valence-electron chi connectivity index (χ2n) is 4.47. The first kappa shape index (κ1) is 13.6. The van der Waals surface area contributed by atoms with Crippen LogP contribution in [0.25, 0.3) is 0 Å². The molecule has 3 unspecified atom stereocenters. The molecule has 1 aliphatic carbocycles. The summed E-state index contributed by atoms with van der Waals surface area (Å²) in [6.07, 6.45) is 7.78. The molecule has 0 aromatic rings. The van der Waals surface area contributed by atoms with Gasteiger partial charge in [-0.15, -0.1) is 0 Å². The lowest BCUT2D eigenvalue weighted by atomic mass is 10.1. The third kappa shape index (κ3) is 3.52. The highest BCUT2D eigenvalue weighted by atomic mass is 32.2. The molecule has 0 spiro atoms. The van der Waals surface area contributed by atoms with Crippen molar-refractivity contribution in [3.05, 3.63) is 12.2 Å². The maximum atomic E-state index is 12.1. The van der Waals surface area contributed by atoms with Crippen molar-refractivity contribution in [3.8, 4) is 0 Å². The molecule has 0 aliphatic heterocycles. The lowest BCUT2D eigenvalue weighted by Gasteiger charge is -2.27. The molecular weight excluding hydrogens is 220 g/mol. The molecular formula is C12H22N2OS. The van der Waals surface area contributed by atoms with Gasteiger partial charge in [-0.2, -0.15) is 11.8 Å². The predicted octanol–water partition coefficient (Wildman–Crippen LogP) is 1.49. The number of nitrogens with two attached hydrogens (primary N) is 1. The monoisotopic (exact) mass is 242 g/mol. The Morgan fingerprint density at radius 2 is 2.31 bits per heavy atom. The fourth-order valence-corrected chi connectivity index (χ4v) is 2.45. The summed E-state index contributed by atoms with van der Waals surface area (Å²) in [5, 5.41) is 0. The Bertz CT molecular complexity index is 268. The number of amides is 1. The summed E-state index contributed by atoms with van der Waals surface area (Å²) >= 11 is 1.82. The molecule has 3 atom stereocenters. The Hall–Kier alpha value is -0.480. The summed E-state index contributed by atoms with van der Waals surface area (Å²) in [6.45, 7) is 2.10. The molecule has 0 saturated heterocycles. The van der Waals surface area contributed by atoms with Crippen molar-refractivity contribution < 1.29 is 4.79 Å². The summed E-state index contributed by atoms with van der Waals surface area (Å²) in [6, 6.07) is 0.369. The highest BCUT2D eigenvalue weighted by Gasteiger charge is 2.27. The fraction of sp³-hybridized carbons (Fsp3) is 0.750. The van der Waals surface area contributed by atoms with E-state index in [1.165, 1.54) is 0 Å². The van der Waals surface area contributed by atoms with E-state index in [9.17, 15) is 4.79 Å². The van der Waals surface area contributed by atoms with Crippen molar-refractivity contribution in [2.75, 3.05) is 19.1 Å². The highest BCUT2D eigenvalue weighted by molar-refractivity contribution is 7.98. The molecule has 1 rings (SSSR count). The van der Waals surface area contributed by atoms with Crippen molar-refractivity contribution in [2.45, 2.75) is 31.8 Å². The standard InChI is InChI=1S/C12H22N2OS/c1-9(6-7-16-3)14(2)12(15)10-4-5-11(13)8-10/h4-5,9-11H,6-8,13H2,1-3H3. The van der Waals surface area contributed by atoms with Crippen LogP contribution in [-0.4, -0.2) is 41.9 Å². The van der Waals surface area contributed by atoms with Crippen LogP contribution < -0.4 is 5.73 Å². The highest BCUT2D eigenvalue weighted by Crippen LogP contribution is 2.20. The lowest BCUT2D eigenvalue weighted by molar-refractivity contribution is -0.134. The fourth-order valence-electron chi connectivity index (χ4n) is 1.87. The van der Waals surface area contributed by atoms with E-state index in [0.717, 1.165) is 18.6 Å². The van der Waals surface area contributed by atoms with Gasteiger partial charge in [0.25, 0.3) is 0 Å². The summed E-state index contributed by atoms with van der Waals surface area (Å²) < 4.78 is 0. The number of rotatable bonds is 5. The maximum absolute atomic E-state index is 12.1. The molecule has 3 nitrogen and oxygen atoms in total. The molecule has 0 aromatic heterocycles. The third-order valence-electron chi connectivity index (χ3n) is 3.18. The Labute approximate surface area is 102 Å². The summed E-state index contributed by atoms with van der Waals surface area (Å²) in [5.41, 5.74) is 5.76. The molecule has 2 N–H and O–H groups in total. The van der Waals surface area contributed by atoms with Crippen molar-refractivity contribution >= 4 is 17.7 Å². The van der Waals surface area contributed by atoms with Crippen LogP contribution in [-0.2, 0) is 4.79 Å². The van der Waals surface area contributed by atoms with E-state index in [1.807, 2.05) is 35.9 Å².